The zero-order chi connectivity index (χ0) is 11.2. The topological polar surface area (TPSA) is 24.1 Å². The molecule has 0 aromatic rings. The minimum atomic E-state index is 0.279. The highest BCUT2D eigenvalue weighted by molar-refractivity contribution is 4.89. The SMILES string of the molecule is CCC(C)(CNC)CC(C)(CC)NC. The minimum Gasteiger partial charge on any atom is -0.319 e. The molecule has 2 atom stereocenters. The number of nitrogens with one attached hydrogen (secondary N) is 2. The molecule has 0 bridgehead atoms. The van der Waals surface area contributed by atoms with Crippen molar-refractivity contribution in [2.24, 2.45) is 5.41 Å². The molecule has 0 aromatic heterocycles. The minimum absolute atomic E-state index is 0.279. The fourth-order valence-electron chi connectivity index (χ4n) is 2.07. The van der Waals surface area contributed by atoms with E-state index in [4.69, 9.17) is 0 Å². The Bertz CT molecular complexity index is 152. The Morgan fingerprint density at radius 1 is 1.00 bits per heavy atom. The third-order valence-electron chi connectivity index (χ3n) is 3.66. The molecule has 14 heavy (non-hydrogen) atoms. The molecule has 0 aromatic carbocycles. The van der Waals surface area contributed by atoms with Crippen molar-refractivity contribution in [3.63, 3.8) is 0 Å². The molecule has 0 aliphatic carbocycles. The summed E-state index contributed by atoms with van der Waals surface area (Å²) in [5.41, 5.74) is 0.685. The number of hydrogen-bond acceptors (Lipinski definition) is 2. The third-order valence-corrected chi connectivity index (χ3v) is 3.66. The normalized spacial score (nSPS) is 20.1. The molecular formula is C12H28N2. The van der Waals surface area contributed by atoms with Crippen LogP contribution in [0.15, 0.2) is 0 Å². The Hall–Kier alpha value is -0.0800. The smallest absolute Gasteiger partial charge is 0.0153 e. The van der Waals surface area contributed by atoms with Crippen molar-refractivity contribution < 1.29 is 0 Å². The first-order chi connectivity index (χ1) is 6.45. The Balaban J connectivity index is 4.41. The fraction of sp³-hybridized carbons (Fsp3) is 1.00. The Morgan fingerprint density at radius 2 is 1.57 bits per heavy atom. The van der Waals surface area contributed by atoms with E-state index in [1.807, 2.05) is 7.05 Å². The van der Waals surface area contributed by atoms with Crippen LogP contribution in [0.1, 0.15) is 47.0 Å². The highest BCUT2D eigenvalue weighted by Gasteiger charge is 2.31. The molecule has 0 heterocycles. The lowest BCUT2D eigenvalue weighted by Crippen LogP contribution is -2.45. The molecule has 0 fully saturated rings. The second-order valence-electron chi connectivity index (χ2n) is 5.04. The average molecular weight is 200 g/mol. The number of hydrogen-bond donors (Lipinski definition) is 2. The van der Waals surface area contributed by atoms with Crippen LogP contribution < -0.4 is 10.6 Å². The van der Waals surface area contributed by atoms with Crippen LogP contribution in [0.5, 0.6) is 0 Å². The van der Waals surface area contributed by atoms with Crippen molar-refractivity contribution >= 4 is 0 Å². The van der Waals surface area contributed by atoms with Gasteiger partial charge in [0.25, 0.3) is 0 Å². The molecule has 2 N–H and O–H groups in total. The van der Waals surface area contributed by atoms with Gasteiger partial charge in [-0.05, 0) is 45.7 Å². The maximum Gasteiger partial charge on any atom is 0.0153 e. The lowest BCUT2D eigenvalue weighted by Gasteiger charge is -2.38. The molecule has 0 rings (SSSR count). The Kier molecular flexibility index (Phi) is 5.68. The highest BCUT2D eigenvalue weighted by Crippen LogP contribution is 2.32. The summed E-state index contributed by atoms with van der Waals surface area (Å²) < 4.78 is 0. The summed E-state index contributed by atoms with van der Waals surface area (Å²) in [6, 6.07) is 0. The van der Waals surface area contributed by atoms with Crippen LogP contribution in [0.3, 0.4) is 0 Å². The Labute approximate surface area is 89.9 Å². The number of rotatable bonds is 7. The van der Waals surface area contributed by atoms with Crippen LogP contribution in [0.2, 0.25) is 0 Å². The molecule has 0 spiro atoms. The van der Waals surface area contributed by atoms with Gasteiger partial charge in [0, 0.05) is 12.1 Å². The molecule has 0 amide bonds. The van der Waals surface area contributed by atoms with Crippen LogP contribution in [-0.2, 0) is 0 Å². The zero-order valence-electron chi connectivity index (χ0n) is 10.8. The molecule has 0 saturated heterocycles. The molecule has 2 nitrogen and oxygen atoms in total. The lowest BCUT2D eigenvalue weighted by atomic mass is 9.75. The fourth-order valence-corrected chi connectivity index (χ4v) is 2.07. The van der Waals surface area contributed by atoms with Crippen molar-refractivity contribution in [3.8, 4) is 0 Å². The van der Waals surface area contributed by atoms with E-state index in [1.165, 1.54) is 19.3 Å². The summed E-state index contributed by atoms with van der Waals surface area (Å²) in [5, 5.41) is 6.75. The van der Waals surface area contributed by atoms with Gasteiger partial charge < -0.3 is 10.6 Å². The van der Waals surface area contributed by atoms with E-state index in [0.29, 0.717) is 5.41 Å². The predicted octanol–water partition coefficient (Wildman–Crippen LogP) is 2.40. The van der Waals surface area contributed by atoms with Gasteiger partial charge in [0.15, 0.2) is 0 Å². The molecule has 2 unspecified atom stereocenters. The zero-order valence-corrected chi connectivity index (χ0v) is 10.8. The van der Waals surface area contributed by atoms with Gasteiger partial charge in [-0.15, -0.1) is 0 Å². The van der Waals surface area contributed by atoms with Gasteiger partial charge in [-0.25, -0.2) is 0 Å². The van der Waals surface area contributed by atoms with Gasteiger partial charge in [-0.3, -0.25) is 0 Å². The molecule has 0 aliphatic rings. The predicted molar refractivity (Wildman–Crippen MR) is 64.7 cm³/mol. The van der Waals surface area contributed by atoms with Gasteiger partial charge in [-0.1, -0.05) is 20.8 Å². The van der Waals surface area contributed by atoms with Gasteiger partial charge >= 0.3 is 0 Å². The first-order valence-electron chi connectivity index (χ1n) is 5.79. The third kappa shape index (κ3) is 3.97. The van der Waals surface area contributed by atoms with Crippen LogP contribution >= 0.6 is 0 Å². The molecule has 86 valence electrons. The molecule has 0 aliphatic heterocycles. The van der Waals surface area contributed by atoms with E-state index in [2.05, 4.69) is 45.4 Å². The van der Waals surface area contributed by atoms with Crippen molar-refractivity contribution in [2.75, 3.05) is 20.6 Å². The van der Waals surface area contributed by atoms with E-state index in [0.717, 1.165) is 6.54 Å². The van der Waals surface area contributed by atoms with Gasteiger partial charge in [0.2, 0.25) is 0 Å². The second kappa shape index (κ2) is 5.72. The van der Waals surface area contributed by atoms with Crippen molar-refractivity contribution in [1.82, 2.24) is 10.6 Å². The largest absolute Gasteiger partial charge is 0.319 e. The summed E-state index contributed by atoms with van der Waals surface area (Å²) in [4.78, 5) is 0. The quantitative estimate of drug-likeness (QED) is 0.659. The van der Waals surface area contributed by atoms with E-state index in [-0.39, 0.29) is 5.54 Å². The highest BCUT2D eigenvalue weighted by atomic mass is 14.9. The van der Waals surface area contributed by atoms with Gasteiger partial charge in [0.1, 0.15) is 0 Å². The van der Waals surface area contributed by atoms with Gasteiger partial charge in [-0.2, -0.15) is 0 Å². The van der Waals surface area contributed by atoms with Crippen LogP contribution in [0.25, 0.3) is 0 Å². The van der Waals surface area contributed by atoms with Crippen LogP contribution in [-0.4, -0.2) is 26.2 Å². The lowest BCUT2D eigenvalue weighted by molar-refractivity contribution is 0.183. The van der Waals surface area contributed by atoms with Crippen LogP contribution in [0.4, 0.5) is 0 Å². The van der Waals surface area contributed by atoms with E-state index in [9.17, 15) is 0 Å². The summed E-state index contributed by atoms with van der Waals surface area (Å²) in [5.74, 6) is 0. The first-order valence-corrected chi connectivity index (χ1v) is 5.79. The average Bonchev–Trinajstić information content (AvgIpc) is 2.18. The van der Waals surface area contributed by atoms with Crippen molar-refractivity contribution in [2.45, 2.75) is 52.5 Å². The summed E-state index contributed by atoms with van der Waals surface area (Å²) in [7, 11) is 4.11. The summed E-state index contributed by atoms with van der Waals surface area (Å²) >= 11 is 0. The summed E-state index contributed by atoms with van der Waals surface area (Å²) in [6.45, 7) is 10.3. The Morgan fingerprint density at radius 3 is 1.86 bits per heavy atom. The van der Waals surface area contributed by atoms with E-state index >= 15 is 0 Å². The maximum absolute atomic E-state index is 3.45. The van der Waals surface area contributed by atoms with Crippen LogP contribution in [0, 0.1) is 5.41 Å². The second-order valence-corrected chi connectivity index (χ2v) is 5.04. The monoisotopic (exact) mass is 200 g/mol. The van der Waals surface area contributed by atoms with E-state index in [1.54, 1.807) is 0 Å². The molecular weight excluding hydrogens is 172 g/mol. The van der Waals surface area contributed by atoms with Crippen molar-refractivity contribution in [1.29, 1.82) is 0 Å². The molecule has 0 radical (unpaired) electrons. The maximum atomic E-state index is 3.45. The van der Waals surface area contributed by atoms with Gasteiger partial charge in [0.05, 0.1) is 0 Å². The van der Waals surface area contributed by atoms with E-state index < -0.39 is 0 Å². The molecule has 2 heteroatoms. The van der Waals surface area contributed by atoms with Crippen molar-refractivity contribution in [3.05, 3.63) is 0 Å². The molecule has 0 saturated carbocycles. The standard InChI is InChI=1S/C12H28N2/c1-7-11(3,10-13-5)9-12(4,8-2)14-6/h13-14H,7-10H2,1-6H3. The summed E-state index contributed by atoms with van der Waals surface area (Å²) in [6.07, 6.45) is 3.64. The first kappa shape index (κ1) is 13.9.